The monoisotopic (exact) mass is 220 g/mol. The molecule has 72 valence electrons. The summed E-state index contributed by atoms with van der Waals surface area (Å²) in [5.41, 5.74) is 0.400. The van der Waals surface area contributed by atoms with E-state index in [1.165, 1.54) is 10.9 Å². The first-order valence-electron chi connectivity index (χ1n) is 3.54. The van der Waals surface area contributed by atoms with Crippen LogP contribution in [0.15, 0.2) is 23.7 Å². The Hall–Kier alpha value is -0.810. The van der Waals surface area contributed by atoms with E-state index in [9.17, 15) is 8.42 Å². The van der Waals surface area contributed by atoms with Crippen LogP contribution >= 0.6 is 10.7 Å². The highest BCUT2D eigenvalue weighted by molar-refractivity contribution is 8.13. The summed E-state index contributed by atoms with van der Waals surface area (Å²) in [6, 6.07) is 0. The van der Waals surface area contributed by atoms with Crippen molar-refractivity contribution in [1.29, 1.82) is 0 Å². The molecule has 4 nitrogen and oxygen atoms in total. The van der Waals surface area contributed by atoms with E-state index in [4.69, 9.17) is 10.7 Å². The molecule has 0 aliphatic rings. The second kappa shape index (κ2) is 3.51. The van der Waals surface area contributed by atoms with Crippen LogP contribution in [0, 0.1) is 6.92 Å². The van der Waals surface area contributed by atoms with Gasteiger partial charge in [0.1, 0.15) is 4.90 Å². The van der Waals surface area contributed by atoms with Gasteiger partial charge in [-0.2, -0.15) is 5.10 Å². The van der Waals surface area contributed by atoms with Gasteiger partial charge in [-0.3, -0.25) is 4.68 Å². The SMILES string of the molecule is C=CCn1cc(S(=O)(=O)Cl)c(C)n1. The molecule has 1 rings (SSSR count). The topological polar surface area (TPSA) is 52.0 Å². The minimum Gasteiger partial charge on any atom is -0.267 e. The number of hydrogen-bond acceptors (Lipinski definition) is 3. The van der Waals surface area contributed by atoms with Crippen LogP contribution in [0.1, 0.15) is 5.69 Å². The minimum absolute atomic E-state index is 0.0519. The maximum atomic E-state index is 11.0. The second-order valence-corrected chi connectivity index (χ2v) is 5.06. The molecule has 0 spiro atoms. The Morgan fingerprint density at radius 3 is 2.77 bits per heavy atom. The molecule has 0 saturated carbocycles. The Bertz CT molecular complexity index is 422. The average Bonchev–Trinajstić information content (AvgIpc) is 2.30. The molecular formula is C7H9ClN2O2S. The van der Waals surface area contributed by atoms with E-state index >= 15 is 0 Å². The summed E-state index contributed by atoms with van der Waals surface area (Å²) in [4.78, 5) is 0.0519. The Morgan fingerprint density at radius 2 is 2.38 bits per heavy atom. The molecule has 0 bridgehead atoms. The van der Waals surface area contributed by atoms with Gasteiger partial charge in [-0.25, -0.2) is 8.42 Å². The van der Waals surface area contributed by atoms with Gasteiger partial charge in [-0.1, -0.05) is 6.08 Å². The van der Waals surface area contributed by atoms with Crippen molar-refractivity contribution < 1.29 is 8.42 Å². The number of allylic oxidation sites excluding steroid dienone is 1. The molecule has 0 atom stereocenters. The van der Waals surface area contributed by atoms with Gasteiger partial charge in [-0.05, 0) is 6.92 Å². The van der Waals surface area contributed by atoms with Crippen LogP contribution in [0.4, 0.5) is 0 Å². The van der Waals surface area contributed by atoms with E-state index in [0.717, 1.165) is 0 Å². The van der Waals surface area contributed by atoms with Gasteiger partial charge in [0.15, 0.2) is 0 Å². The van der Waals surface area contributed by atoms with Gasteiger partial charge in [0.05, 0.1) is 12.2 Å². The van der Waals surface area contributed by atoms with Crippen molar-refractivity contribution in [3.63, 3.8) is 0 Å². The fourth-order valence-electron chi connectivity index (χ4n) is 0.965. The van der Waals surface area contributed by atoms with E-state index in [-0.39, 0.29) is 4.90 Å². The summed E-state index contributed by atoms with van der Waals surface area (Å²) in [5.74, 6) is 0. The lowest BCUT2D eigenvalue weighted by Crippen LogP contribution is -1.94. The Kier molecular flexibility index (Phi) is 2.77. The third-order valence-electron chi connectivity index (χ3n) is 1.48. The van der Waals surface area contributed by atoms with Gasteiger partial charge in [0.25, 0.3) is 9.05 Å². The zero-order chi connectivity index (χ0) is 10.1. The second-order valence-electron chi connectivity index (χ2n) is 2.53. The molecule has 0 fully saturated rings. The number of aromatic nitrogens is 2. The zero-order valence-corrected chi connectivity index (χ0v) is 8.64. The average molecular weight is 221 g/mol. The normalized spacial score (nSPS) is 11.5. The van der Waals surface area contributed by atoms with Crippen molar-refractivity contribution in [2.45, 2.75) is 18.4 Å². The van der Waals surface area contributed by atoms with Crippen LogP contribution in [0.2, 0.25) is 0 Å². The van der Waals surface area contributed by atoms with Gasteiger partial charge in [-0.15, -0.1) is 6.58 Å². The number of nitrogens with zero attached hydrogens (tertiary/aromatic N) is 2. The van der Waals surface area contributed by atoms with Crippen LogP contribution in [0.3, 0.4) is 0 Å². The highest BCUT2D eigenvalue weighted by Gasteiger charge is 2.16. The van der Waals surface area contributed by atoms with Gasteiger partial charge in [0, 0.05) is 16.9 Å². The highest BCUT2D eigenvalue weighted by Crippen LogP contribution is 2.17. The molecule has 0 radical (unpaired) electrons. The molecule has 1 heterocycles. The number of rotatable bonds is 3. The molecule has 0 aliphatic carbocycles. The van der Waals surface area contributed by atoms with Crippen molar-refractivity contribution in [3.8, 4) is 0 Å². The van der Waals surface area contributed by atoms with E-state index in [1.54, 1.807) is 13.0 Å². The molecule has 0 aromatic carbocycles. The van der Waals surface area contributed by atoms with E-state index in [1.807, 2.05) is 0 Å². The number of hydrogen-bond donors (Lipinski definition) is 0. The van der Waals surface area contributed by atoms with Crippen LogP contribution in [-0.2, 0) is 15.6 Å². The van der Waals surface area contributed by atoms with Crippen molar-refractivity contribution in [3.05, 3.63) is 24.5 Å². The lowest BCUT2D eigenvalue weighted by Gasteiger charge is -1.91. The lowest BCUT2D eigenvalue weighted by atomic mass is 10.5. The predicted octanol–water partition coefficient (Wildman–Crippen LogP) is 1.31. The Balaban J connectivity index is 3.18. The van der Waals surface area contributed by atoms with Crippen LogP contribution in [0.5, 0.6) is 0 Å². The standard InChI is InChI=1S/C7H9ClN2O2S/c1-3-4-10-5-7(6(2)9-10)13(8,11)12/h3,5H,1,4H2,2H3. The maximum absolute atomic E-state index is 11.0. The molecule has 0 amide bonds. The van der Waals surface area contributed by atoms with Gasteiger partial charge < -0.3 is 0 Å². The third-order valence-corrected chi connectivity index (χ3v) is 2.91. The highest BCUT2D eigenvalue weighted by atomic mass is 35.7. The number of aryl methyl sites for hydroxylation is 1. The van der Waals surface area contributed by atoms with E-state index in [2.05, 4.69) is 11.7 Å². The Labute approximate surface area is 81.2 Å². The quantitative estimate of drug-likeness (QED) is 0.570. The molecular weight excluding hydrogens is 212 g/mol. The summed E-state index contributed by atoms with van der Waals surface area (Å²) in [6.07, 6.45) is 3.01. The molecule has 6 heteroatoms. The summed E-state index contributed by atoms with van der Waals surface area (Å²) in [7, 11) is 1.49. The number of halogens is 1. The van der Waals surface area contributed by atoms with Crippen LogP contribution < -0.4 is 0 Å². The molecule has 0 aliphatic heterocycles. The van der Waals surface area contributed by atoms with Crippen molar-refractivity contribution in [2.24, 2.45) is 0 Å². The molecule has 0 unspecified atom stereocenters. The van der Waals surface area contributed by atoms with Crippen LogP contribution in [0.25, 0.3) is 0 Å². The Morgan fingerprint density at radius 1 is 1.77 bits per heavy atom. The molecule has 0 N–H and O–H groups in total. The van der Waals surface area contributed by atoms with Gasteiger partial charge >= 0.3 is 0 Å². The van der Waals surface area contributed by atoms with Gasteiger partial charge in [0.2, 0.25) is 0 Å². The first-order valence-corrected chi connectivity index (χ1v) is 5.85. The molecule has 13 heavy (non-hydrogen) atoms. The summed E-state index contributed by atoms with van der Waals surface area (Å²) < 4.78 is 23.4. The first kappa shape index (κ1) is 10.3. The lowest BCUT2D eigenvalue weighted by molar-refractivity contribution is 0.609. The fraction of sp³-hybridized carbons (Fsp3) is 0.286. The van der Waals surface area contributed by atoms with E-state index in [0.29, 0.717) is 12.2 Å². The molecule has 0 saturated heterocycles. The van der Waals surface area contributed by atoms with Crippen molar-refractivity contribution in [1.82, 2.24) is 9.78 Å². The smallest absolute Gasteiger partial charge is 0.264 e. The minimum atomic E-state index is -3.68. The first-order chi connectivity index (χ1) is 5.95. The zero-order valence-electron chi connectivity index (χ0n) is 7.07. The maximum Gasteiger partial charge on any atom is 0.264 e. The molecule has 1 aromatic heterocycles. The fourth-order valence-corrected chi connectivity index (χ4v) is 2.06. The van der Waals surface area contributed by atoms with E-state index < -0.39 is 9.05 Å². The predicted molar refractivity (Wildman–Crippen MR) is 50.2 cm³/mol. The van der Waals surface area contributed by atoms with Crippen LogP contribution in [-0.4, -0.2) is 18.2 Å². The largest absolute Gasteiger partial charge is 0.267 e. The molecule has 1 aromatic rings. The van der Waals surface area contributed by atoms with Crippen molar-refractivity contribution >= 4 is 19.7 Å². The summed E-state index contributed by atoms with van der Waals surface area (Å²) in [5, 5.41) is 3.95. The van der Waals surface area contributed by atoms with Crippen molar-refractivity contribution in [2.75, 3.05) is 0 Å². The third kappa shape index (κ3) is 2.32. The summed E-state index contributed by atoms with van der Waals surface area (Å²) in [6.45, 7) is 5.57. The summed E-state index contributed by atoms with van der Waals surface area (Å²) >= 11 is 0.